The van der Waals surface area contributed by atoms with Crippen LogP contribution < -0.4 is 0 Å². The van der Waals surface area contributed by atoms with Gasteiger partial charge in [-0.2, -0.15) is 9.57 Å². The maximum absolute atomic E-state index is 12.7. The number of rotatable bonds is 8. The SMILES string of the molecule is COCCN(CCC#N)S(=O)(=O)C1CCCC1C(=O)OC. The first-order valence-corrected chi connectivity index (χ1v) is 8.42. The van der Waals surface area contributed by atoms with E-state index in [1.165, 1.54) is 18.5 Å². The molecule has 1 aliphatic carbocycles. The molecule has 0 radical (unpaired) electrons. The van der Waals surface area contributed by atoms with E-state index in [0.29, 0.717) is 19.3 Å². The number of hydrogen-bond donors (Lipinski definition) is 0. The summed E-state index contributed by atoms with van der Waals surface area (Å²) in [6.07, 6.45) is 1.75. The third kappa shape index (κ3) is 4.40. The van der Waals surface area contributed by atoms with E-state index < -0.39 is 27.2 Å². The molecular weight excluding hydrogens is 296 g/mol. The molecule has 7 nitrogen and oxygen atoms in total. The van der Waals surface area contributed by atoms with E-state index in [1.807, 2.05) is 6.07 Å². The first-order chi connectivity index (χ1) is 9.98. The van der Waals surface area contributed by atoms with Crippen LogP contribution in [0.3, 0.4) is 0 Å². The van der Waals surface area contributed by atoms with Gasteiger partial charge in [-0.05, 0) is 12.8 Å². The molecule has 1 rings (SSSR count). The predicted octanol–water partition coefficient (Wildman–Crippen LogP) is 0.520. The van der Waals surface area contributed by atoms with Crippen molar-refractivity contribution in [3.05, 3.63) is 0 Å². The molecule has 0 amide bonds. The van der Waals surface area contributed by atoms with Crippen LogP contribution in [0.15, 0.2) is 0 Å². The second-order valence-corrected chi connectivity index (χ2v) is 7.10. The molecular formula is C13H22N2O5S. The Balaban J connectivity index is 2.92. The maximum Gasteiger partial charge on any atom is 0.310 e. The van der Waals surface area contributed by atoms with Crippen molar-refractivity contribution in [2.24, 2.45) is 5.92 Å². The van der Waals surface area contributed by atoms with Crippen molar-refractivity contribution >= 4 is 16.0 Å². The number of sulfonamides is 1. The smallest absolute Gasteiger partial charge is 0.310 e. The van der Waals surface area contributed by atoms with Crippen LogP contribution in [0.5, 0.6) is 0 Å². The van der Waals surface area contributed by atoms with Crippen LogP contribution in [0.4, 0.5) is 0 Å². The molecule has 0 bridgehead atoms. The van der Waals surface area contributed by atoms with Gasteiger partial charge < -0.3 is 9.47 Å². The van der Waals surface area contributed by atoms with Gasteiger partial charge in [0, 0.05) is 26.6 Å². The van der Waals surface area contributed by atoms with E-state index in [0.717, 1.165) is 0 Å². The van der Waals surface area contributed by atoms with Crippen LogP contribution in [-0.4, -0.2) is 57.9 Å². The molecule has 0 saturated heterocycles. The molecule has 0 heterocycles. The van der Waals surface area contributed by atoms with Gasteiger partial charge in [0.25, 0.3) is 0 Å². The summed E-state index contributed by atoms with van der Waals surface area (Å²) in [6, 6.07) is 1.94. The number of esters is 1. The van der Waals surface area contributed by atoms with Crippen molar-refractivity contribution in [1.82, 2.24) is 4.31 Å². The molecule has 1 fully saturated rings. The summed E-state index contributed by atoms with van der Waals surface area (Å²) >= 11 is 0. The molecule has 2 atom stereocenters. The molecule has 21 heavy (non-hydrogen) atoms. The van der Waals surface area contributed by atoms with E-state index in [-0.39, 0.29) is 26.1 Å². The number of hydrogen-bond acceptors (Lipinski definition) is 6. The van der Waals surface area contributed by atoms with Gasteiger partial charge in [0.2, 0.25) is 10.0 Å². The number of carbonyl (C=O) groups is 1. The zero-order chi connectivity index (χ0) is 15.9. The largest absolute Gasteiger partial charge is 0.469 e. The van der Waals surface area contributed by atoms with Crippen molar-refractivity contribution in [2.75, 3.05) is 33.9 Å². The predicted molar refractivity (Wildman–Crippen MR) is 75.7 cm³/mol. The fraction of sp³-hybridized carbons (Fsp3) is 0.846. The molecule has 0 aromatic carbocycles. The summed E-state index contributed by atoms with van der Waals surface area (Å²) in [4.78, 5) is 11.7. The van der Waals surface area contributed by atoms with Gasteiger partial charge in [-0.15, -0.1) is 0 Å². The average Bonchev–Trinajstić information content (AvgIpc) is 2.96. The zero-order valence-electron chi connectivity index (χ0n) is 12.4. The lowest BCUT2D eigenvalue weighted by atomic mass is 10.1. The first kappa shape index (κ1) is 17.9. The quantitative estimate of drug-likeness (QED) is 0.605. The van der Waals surface area contributed by atoms with Crippen molar-refractivity contribution in [1.29, 1.82) is 5.26 Å². The highest BCUT2D eigenvalue weighted by Gasteiger charge is 2.44. The Hall–Kier alpha value is -1.17. The molecule has 1 aliphatic rings. The molecule has 0 N–H and O–H groups in total. The van der Waals surface area contributed by atoms with Crippen LogP contribution in [0.25, 0.3) is 0 Å². The topological polar surface area (TPSA) is 96.7 Å². The Bertz CT molecular complexity index is 485. The monoisotopic (exact) mass is 318 g/mol. The molecule has 0 aromatic rings. The van der Waals surface area contributed by atoms with Crippen molar-refractivity contribution < 1.29 is 22.7 Å². The van der Waals surface area contributed by atoms with E-state index in [1.54, 1.807) is 0 Å². The Morgan fingerprint density at radius 2 is 2.05 bits per heavy atom. The summed E-state index contributed by atoms with van der Waals surface area (Å²) in [5.74, 6) is -1.10. The van der Waals surface area contributed by atoms with Crippen LogP contribution in [0.1, 0.15) is 25.7 Å². The van der Waals surface area contributed by atoms with Gasteiger partial charge >= 0.3 is 5.97 Å². The van der Waals surface area contributed by atoms with Gasteiger partial charge in [0.15, 0.2) is 0 Å². The van der Waals surface area contributed by atoms with E-state index in [2.05, 4.69) is 0 Å². The van der Waals surface area contributed by atoms with E-state index >= 15 is 0 Å². The minimum absolute atomic E-state index is 0.110. The third-order valence-corrected chi connectivity index (χ3v) is 6.13. The minimum Gasteiger partial charge on any atom is -0.469 e. The summed E-state index contributed by atoms with van der Waals surface area (Å²) in [7, 11) is -0.894. The highest BCUT2D eigenvalue weighted by Crippen LogP contribution is 2.33. The number of methoxy groups -OCH3 is 2. The van der Waals surface area contributed by atoms with E-state index in [4.69, 9.17) is 14.7 Å². The Morgan fingerprint density at radius 3 is 2.62 bits per heavy atom. The Labute approximate surface area is 125 Å². The highest BCUT2D eigenvalue weighted by atomic mass is 32.2. The van der Waals surface area contributed by atoms with Crippen LogP contribution in [0.2, 0.25) is 0 Å². The first-order valence-electron chi connectivity index (χ1n) is 6.91. The van der Waals surface area contributed by atoms with Crippen LogP contribution in [0, 0.1) is 17.2 Å². The standard InChI is InChI=1S/C13H22N2O5S/c1-19-10-9-15(8-4-7-14)21(17,18)12-6-3-5-11(12)13(16)20-2/h11-12H,3-6,8-10H2,1-2H3. The maximum atomic E-state index is 12.7. The average molecular weight is 318 g/mol. The summed E-state index contributed by atoms with van der Waals surface area (Å²) in [5, 5.41) is 7.91. The number of nitriles is 1. The number of nitrogens with zero attached hydrogens (tertiary/aromatic N) is 2. The van der Waals surface area contributed by atoms with E-state index in [9.17, 15) is 13.2 Å². The zero-order valence-corrected chi connectivity index (χ0v) is 13.3. The van der Waals surface area contributed by atoms with Gasteiger partial charge in [0.05, 0.1) is 31.0 Å². The Kier molecular flexibility index (Phi) is 7.08. The second kappa shape index (κ2) is 8.32. The molecule has 1 saturated carbocycles. The third-order valence-electron chi connectivity index (χ3n) is 3.72. The Morgan fingerprint density at radius 1 is 1.33 bits per heavy atom. The highest BCUT2D eigenvalue weighted by molar-refractivity contribution is 7.89. The summed E-state index contributed by atoms with van der Waals surface area (Å²) < 4.78 is 36.3. The lowest BCUT2D eigenvalue weighted by Gasteiger charge is -2.27. The number of carbonyl (C=O) groups excluding carboxylic acids is 1. The fourth-order valence-electron chi connectivity index (χ4n) is 2.63. The molecule has 0 aromatic heterocycles. The van der Waals surface area contributed by atoms with Gasteiger partial charge in [-0.3, -0.25) is 4.79 Å². The van der Waals surface area contributed by atoms with Crippen molar-refractivity contribution in [3.63, 3.8) is 0 Å². The normalized spacial score (nSPS) is 22.2. The lowest BCUT2D eigenvalue weighted by molar-refractivity contribution is -0.145. The van der Waals surface area contributed by atoms with Crippen LogP contribution in [-0.2, 0) is 24.3 Å². The molecule has 0 spiro atoms. The molecule has 0 aliphatic heterocycles. The number of ether oxygens (including phenoxy) is 2. The fourth-order valence-corrected chi connectivity index (χ4v) is 4.81. The van der Waals surface area contributed by atoms with Crippen LogP contribution >= 0.6 is 0 Å². The molecule has 8 heteroatoms. The van der Waals surface area contributed by atoms with Crippen molar-refractivity contribution in [3.8, 4) is 6.07 Å². The molecule has 2 unspecified atom stereocenters. The summed E-state index contributed by atoms with van der Waals surface area (Å²) in [6.45, 7) is 0.553. The summed E-state index contributed by atoms with van der Waals surface area (Å²) in [5.41, 5.74) is 0. The van der Waals surface area contributed by atoms with Gasteiger partial charge in [0.1, 0.15) is 0 Å². The van der Waals surface area contributed by atoms with Crippen molar-refractivity contribution in [2.45, 2.75) is 30.9 Å². The second-order valence-electron chi connectivity index (χ2n) is 4.94. The minimum atomic E-state index is -3.65. The van der Waals surface area contributed by atoms with Gasteiger partial charge in [-0.1, -0.05) is 6.42 Å². The molecule has 120 valence electrons. The van der Waals surface area contributed by atoms with Gasteiger partial charge in [-0.25, -0.2) is 8.42 Å². The lowest BCUT2D eigenvalue weighted by Crippen LogP contribution is -2.44.